The van der Waals surface area contributed by atoms with Gasteiger partial charge in [0.1, 0.15) is 0 Å². The Morgan fingerprint density at radius 3 is 2.65 bits per heavy atom. The van der Waals surface area contributed by atoms with E-state index in [4.69, 9.17) is 0 Å². The molecule has 0 radical (unpaired) electrons. The minimum absolute atomic E-state index is 0.294. The Labute approximate surface area is 125 Å². The lowest BCUT2D eigenvalue weighted by atomic mass is 9.73. The van der Waals surface area contributed by atoms with Crippen LogP contribution in [-0.2, 0) is 0 Å². The number of nitrogens with one attached hydrogen (secondary N) is 1. The summed E-state index contributed by atoms with van der Waals surface area (Å²) in [5.41, 5.74) is 0. The van der Waals surface area contributed by atoms with Crippen LogP contribution in [0.1, 0.15) is 52.9 Å². The van der Waals surface area contributed by atoms with Gasteiger partial charge in [-0.05, 0) is 50.0 Å². The van der Waals surface area contributed by atoms with E-state index >= 15 is 0 Å². The van der Waals surface area contributed by atoms with E-state index in [1.54, 1.807) is 0 Å². The topological polar surface area (TPSA) is 35.5 Å². The molecule has 2 aliphatic rings. The zero-order valence-corrected chi connectivity index (χ0v) is 13.6. The zero-order valence-electron chi connectivity index (χ0n) is 13.6. The van der Waals surface area contributed by atoms with Gasteiger partial charge < -0.3 is 10.4 Å². The summed E-state index contributed by atoms with van der Waals surface area (Å²) in [5.74, 6) is 2.40. The fourth-order valence-corrected chi connectivity index (χ4v) is 4.29. The molecule has 1 saturated carbocycles. The van der Waals surface area contributed by atoms with Gasteiger partial charge in [-0.1, -0.05) is 27.2 Å². The van der Waals surface area contributed by atoms with Crippen LogP contribution in [0.2, 0.25) is 0 Å². The van der Waals surface area contributed by atoms with Crippen molar-refractivity contribution < 1.29 is 5.11 Å². The maximum atomic E-state index is 9.47. The Morgan fingerprint density at radius 1 is 1.25 bits per heavy atom. The van der Waals surface area contributed by atoms with E-state index in [9.17, 15) is 5.11 Å². The van der Waals surface area contributed by atoms with Gasteiger partial charge in [-0.25, -0.2) is 0 Å². The number of rotatable bonds is 6. The largest absolute Gasteiger partial charge is 0.395 e. The summed E-state index contributed by atoms with van der Waals surface area (Å²) in [6.45, 7) is 10.6. The lowest BCUT2D eigenvalue weighted by molar-refractivity contribution is 0.0418. The molecule has 1 aliphatic carbocycles. The minimum atomic E-state index is 0.294. The van der Waals surface area contributed by atoms with Crippen LogP contribution in [0, 0.1) is 17.8 Å². The summed E-state index contributed by atoms with van der Waals surface area (Å²) in [5, 5.41) is 13.1. The molecule has 1 heterocycles. The fourth-order valence-electron chi connectivity index (χ4n) is 4.29. The average molecular weight is 282 g/mol. The maximum absolute atomic E-state index is 9.47. The van der Waals surface area contributed by atoms with Crippen molar-refractivity contribution in [1.82, 2.24) is 10.2 Å². The molecule has 1 saturated heterocycles. The molecule has 4 unspecified atom stereocenters. The molecule has 20 heavy (non-hydrogen) atoms. The lowest BCUT2D eigenvalue weighted by Crippen LogP contribution is -2.50. The smallest absolute Gasteiger partial charge is 0.0558 e. The summed E-state index contributed by atoms with van der Waals surface area (Å²) in [6, 6.07) is 1.32. The van der Waals surface area contributed by atoms with Crippen LogP contribution < -0.4 is 5.32 Å². The molecule has 1 aliphatic heterocycles. The van der Waals surface area contributed by atoms with E-state index < -0.39 is 0 Å². The average Bonchev–Trinajstić information content (AvgIpc) is 2.90. The fraction of sp³-hybridized carbons (Fsp3) is 1.00. The van der Waals surface area contributed by atoms with Crippen molar-refractivity contribution in [2.24, 2.45) is 17.8 Å². The van der Waals surface area contributed by atoms with Gasteiger partial charge in [0.15, 0.2) is 0 Å². The second-order valence-corrected chi connectivity index (χ2v) is 7.41. The van der Waals surface area contributed by atoms with Gasteiger partial charge in [0.25, 0.3) is 0 Å². The van der Waals surface area contributed by atoms with Crippen molar-refractivity contribution in [3.05, 3.63) is 0 Å². The molecule has 0 aromatic heterocycles. The van der Waals surface area contributed by atoms with E-state index in [2.05, 4.69) is 31.0 Å². The van der Waals surface area contributed by atoms with Crippen LogP contribution in [0.3, 0.4) is 0 Å². The predicted molar refractivity (Wildman–Crippen MR) is 84.8 cm³/mol. The van der Waals surface area contributed by atoms with Crippen molar-refractivity contribution >= 4 is 0 Å². The maximum Gasteiger partial charge on any atom is 0.0558 e. The number of nitrogens with zero attached hydrogens (tertiary/aromatic N) is 1. The predicted octanol–water partition coefficient (Wildman–Crippen LogP) is 2.49. The molecule has 0 aromatic carbocycles. The molecular formula is C17H34N2O. The molecular weight excluding hydrogens is 248 g/mol. The molecule has 2 fully saturated rings. The molecule has 3 nitrogen and oxygen atoms in total. The molecule has 118 valence electrons. The Morgan fingerprint density at radius 2 is 2.05 bits per heavy atom. The SMILES string of the molecule is CC1CCC(C(C)C)C(N(CCO)CC2CCCN2)C1. The Balaban J connectivity index is 2.02. The minimum Gasteiger partial charge on any atom is -0.395 e. The van der Waals surface area contributed by atoms with Crippen LogP contribution in [-0.4, -0.2) is 48.3 Å². The number of hydrogen-bond donors (Lipinski definition) is 2. The van der Waals surface area contributed by atoms with Gasteiger partial charge in [-0.15, -0.1) is 0 Å². The first-order valence-electron chi connectivity index (χ1n) is 8.70. The van der Waals surface area contributed by atoms with Crippen molar-refractivity contribution in [1.29, 1.82) is 0 Å². The molecule has 0 amide bonds. The Bertz CT molecular complexity index is 276. The third kappa shape index (κ3) is 4.19. The highest BCUT2D eigenvalue weighted by Crippen LogP contribution is 2.36. The summed E-state index contributed by atoms with van der Waals surface area (Å²) in [4.78, 5) is 2.60. The highest BCUT2D eigenvalue weighted by Gasteiger charge is 2.35. The van der Waals surface area contributed by atoms with Crippen LogP contribution in [0.5, 0.6) is 0 Å². The summed E-state index contributed by atoms with van der Waals surface area (Å²) in [6.07, 6.45) is 6.68. The third-order valence-corrected chi connectivity index (χ3v) is 5.46. The van der Waals surface area contributed by atoms with Gasteiger partial charge in [0.2, 0.25) is 0 Å². The van der Waals surface area contributed by atoms with Crippen molar-refractivity contribution in [3.63, 3.8) is 0 Å². The van der Waals surface area contributed by atoms with Crippen molar-refractivity contribution in [3.8, 4) is 0 Å². The summed E-state index contributed by atoms with van der Waals surface area (Å²) >= 11 is 0. The summed E-state index contributed by atoms with van der Waals surface area (Å²) < 4.78 is 0. The van der Waals surface area contributed by atoms with Crippen LogP contribution >= 0.6 is 0 Å². The van der Waals surface area contributed by atoms with Gasteiger partial charge in [0, 0.05) is 25.2 Å². The number of hydrogen-bond acceptors (Lipinski definition) is 3. The first kappa shape index (κ1) is 16.3. The highest BCUT2D eigenvalue weighted by molar-refractivity contribution is 4.90. The first-order valence-corrected chi connectivity index (χ1v) is 8.70. The molecule has 4 atom stereocenters. The quantitative estimate of drug-likeness (QED) is 0.786. The van der Waals surface area contributed by atoms with Crippen LogP contribution in [0.4, 0.5) is 0 Å². The second-order valence-electron chi connectivity index (χ2n) is 7.41. The lowest BCUT2D eigenvalue weighted by Gasteiger charge is -2.44. The van der Waals surface area contributed by atoms with Crippen LogP contribution in [0.15, 0.2) is 0 Å². The monoisotopic (exact) mass is 282 g/mol. The molecule has 0 aromatic rings. The van der Waals surface area contributed by atoms with E-state index in [0.29, 0.717) is 18.7 Å². The molecule has 0 bridgehead atoms. The molecule has 2 rings (SSSR count). The zero-order chi connectivity index (χ0) is 14.5. The van der Waals surface area contributed by atoms with Crippen molar-refractivity contribution in [2.75, 3.05) is 26.2 Å². The van der Waals surface area contributed by atoms with Crippen LogP contribution in [0.25, 0.3) is 0 Å². The molecule has 2 N–H and O–H groups in total. The van der Waals surface area contributed by atoms with Gasteiger partial charge >= 0.3 is 0 Å². The van der Waals surface area contributed by atoms with E-state index in [0.717, 1.165) is 30.8 Å². The van der Waals surface area contributed by atoms with E-state index in [-0.39, 0.29) is 0 Å². The molecule has 3 heteroatoms. The van der Waals surface area contributed by atoms with Gasteiger partial charge in [-0.3, -0.25) is 4.90 Å². The number of aliphatic hydroxyl groups is 1. The molecule has 0 spiro atoms. The third-order valence-electron chi connectivity index (χ3n) is 5.46. The van der Waals surface area contributed by atoms with Crippen molar-refractivity contribution in [2.45, 2.75) is 65.0 Å². The van der Waals surface area contributed by atoms with E-state index in [1.807, 2.05) is 0 Å². The highest BCUT2D eigenvalue weighted by atomic mass is 16.3. The van der Waals surface area contributed by atoms with E-state index in [1.165, 1.54) is 38.6 Å². The second kappa shape index (κ2) is 7.77. The van der Waals surface area contributed by atoms with Gasteiger partial charge in [-0.2, -0.15) is 0 Å². The number of aliphatic hydroxyl groups excluding tert-OH is 1. The van der Waals surface area contributed by atoms with Gasteiger partial charge in [0.05, 0.1) is 6.61 Å². The summed E-state index contributed by atoms with van der Waals surface area (Å²) in [7, 11) is 0. The standard InChI is InChI=1S/C17H34N2O/c1-13(2)16-7-6-14(3)11-17(16)19(9-10-20)12-15-5-4-8-18-15/h13-18,20H,4-12H2,1-3H3. The Hall–Kier alpha value is -0.120. The first-order chi connectivity index (χ1) is 9.61. The Kier molecular flexibility index (Phi) is 6.31. The normalized spacial score (nSPS) is 35.1.